The van der Waals surface area contributed by atoms with Crippen molar-refractivity contribution in [1.29, 1.82) is 0 Å². The summed E-state index contributed by atoms with van der Waals surface area (Å²) < 4.78 is 51.2. The molecule has 0 nitrogen and oxygen atoms in total. The first-order chi connectivity index (χ1) is 8.25. The van der Waals surface area contributed by atoms with E-state index in [1.54, 1.807) is 0 Å². The number of halogens is 5. The molecule has 1 rings (SSSR count). The Morgan fingerprint density at radius 2 is 1.94 bits per heavy atom. The topological polar surface area (TPSA) is 0 Å². The Morgan fingerprint density at radius 3 is 2.39 bits per heavy atom. The first-order valence-electron chi connectivity index (χ1n) is 5.39. The van der Waals surface area contributed by atoms with Gasteiger partial charge >= 0.3 is 6.18 Å². The van der Waals surface area contributed by atoms with Crippen molar-refractivity contribution in [2.45, 2.75) is 20.0 Å². The van der Waals surface area contributed by atoms with Crippen molar-refractivity contribution < 1.29 is 17.6 Å². The van der Waals surface area contributed by atoms with Gasteiger partial charge in [0.05, 0.1) is 5.56 Å². The van der Waals surface area contributed by atoms with Crippen molar-refractivity contribution in [2.24, 2.45) is 5.92 Å². The maximum absolute atomic E-state index is 12.9. The maximum atomic E-state index is 12.9. The molecule has 0 spiro atoms. The second-order valence-electron chi connectivity index (χ2n) is 4.24. The van der Waals surface area contributed by atoms with Crippen molar-refractivity contribution >= 4 is 17.7 Å². The van der Waals surface area contributed by atoms with E-state index < -0.39 is 17.6 Å². The van der Waals surface area contributed by atoms with Crippen LogP contribution in [0.5, 0.6) is 0 Å². The molecule has 0 aliphatic heterocycles. The van der Waals surface area contributed by atoms with Crippen LogP contribution in [0.4, 0.5) is 17.6 Å². The molecule has 0 aromatic heterocycles. The monoisotopic (exact) mass is 280 g/mol. The molecule has 0 saturated carbocycles. The highest BCUT2D eigenvalue weighted by atomic mass is 35.5. The molecular formula is C13H13ClF4. The SMILES string of the molecule is CC(C)/C(=C/c1ccc(F)cc1C(F)(F)F)CCl. The molecule has 0 N–H and O–H groups in total. The van der Waals surface area contributed by atoms with E-state index in [0.29, 0.717) is 11.6 Å². The number of hydrogen-bond donors (Lipinski definition) is 0. The summed E-state index contributed by atoms with van der Waals surface area (Å²) in [6, 6.07) is 2.62. The summed E-state index contributed by atoms with van der Waals surface area (Å²) in [5.41, 5.74) is -0.368. The van der Waals surface area contributed by atoms with E-state index in [-0.39, 0.29) is 17.4 Å². The van der Waals surface area contributed by atoms with Crippen LogP contribution in [0.15, 0.2) is 23.8 Å². The summed E-state index contributed by atoms with van der Waals surface area (Å²) in [5, 5.41) is 0. The van der Waals surface area contributed by atoms with Gasteiger partial charge in [0.15, 0.2) is 0 Å². The normalized spacial score (nSPS) is 13.2. The minimum Gasteiger partial charge on any atom is -0.207 e. The van der Waals surface area contributed by atoms with Crippen LogP contribution in [0.1, 0.15) is 25.0 Å². The number of alkyl halides is 4. The van der Waals surface area contributed by atoms with Crippen molar-refractivity contribution in [3.63, 3.8) is 0 Å². The van der Waals surface area contributed by atoms with E-state index in [0.717, 1.165) is 12.1 Å². The molecule has 18 heavy (non-hydrogen) atoms. The molecule has 0 radical (unpaired) electrons. The third-order valence-electron chi connectivity index (χ3n) is 2.56. The lowest BCUT2D eigenvalue weighted by molar-refractivity contribution is -0.137. The lowest BCUT2D eigenvalue weighted by Crippen LogP contribution is -2.08. The van der Waals surface area contributed by atoms with E-state index in [2.05, 4.69) is 0 Å². The fraction of sp³-hybridized carbons (Fsp3) is 0.385. The standard InChI is InChI=1S/C13H13ClF4/c1-8(2)10(7-14)5-9-3-4-11(15)6-12(9)13(16,17)18/h3-6,8H,7H2,1-2H3/b10-5+. The van der Waals surface area contributed by atoms with Crippen LogP contribution < -0.4 is 0 Å². The molecule has 0 aliphatic rings. The minimum absolute atomic E-state index is 0.0358. The zero-order valence-electron chi connectivity index (χ0n) is 9.98. The Hall–Kier alpha value is -1.03. The van der Waals surface area contributed by atoms with Gasteiger partial charge in [0.25, 0.3) is 0 Å². The Morgan fingerprint density at radius 1 is 1.33 bits per heavy atom. The Balaban J connectivity index is 3.33. The van der Waals surface area contributed by atoms with Crippen LogP contribution in [0.2, 0.25) is 0 Å². The smallest absolute Gasteiger partial charge is 0.207 e. The highest BCUT2D eigenvalue weighted by molar-refractivity contribution is 6.19. The molecule has 0 fully saturated rings. The minimum atomic E-state index is -4.58. The van der Waals surface area contributed by atoms with Gasteiger partial charge in [-0.15, -0.1) is 11.6 Å². The summed E-state index contributed by atoms with van der Waals surface area (Å²) in [5.74, 6) is -0.725. The van der Waals surface area contributed by atoms with Crippen molar-refractivity contribution in [3.05, 3.63) is 40.7 Å². The van der Waals surface area contributed by atoms with Gasteiger partial charge in [0, 0.05) is 5.88 Å². The van der Waals surface area contributed by atoms with Gasteiger partial charge in [-0.05, 0) is 23.6 Å². The van der Waals surface area contributed by atoms with E-state index in [1.807, 2.05) is 13.8 Å². The van der Waals surface area contributed by atoms with Gasteiger partial charge in [0.1, 0.15) is 5.82 Å². The molecule has 0 heterocycles. The van der Waals surface area contributed by atoms with Crippen molar-refractivity contribution in [2.75, 3.05) is 5.88 Å². The van der Waals surface area contributed by atoms with Crippen LogP contribution >= 0.6 is 11.6 Å². The second kappa shape index (κ2) is 5.74. The Labute approximate surface area is 108 Å². The van der Waals surface area contributed by atoms with Gasteiger partial charge < -0.3 is 0 Å². The summed E-state index contributed by atoms with van der Waals surface area (Å²) in [4.78, 5) is 0. The predicted molar refractivity (Wildman–Crippen MR) is 64.9 cm³/mol. The molecule has 100 valence electrons. The molecule has 0 atom stereocenters. The largest absolute Gasteiger partial charge is 0.417 e. The van der Waals surface area contributed by atoms with E-state index in [1.165, 1.54) is 6.08 Å². The quantitative estimate of drug-likeness (QED) is 0.532. The fourth-order valence-electron chi connectivity index (χ4n) is 1.46. The average molecular weight is 281 g/mol. The molecule has 0 unspecified atom stereocenters. The van der Waals surface area contributed by atoms with Crippen LogP contribution in [-0.2, 0) is 6.18 Å². The number of hydrogen-bond acceptors (Lipinski definition) is 0. The number of benzene rings is 1. The van der Waals surface area contributed by atoms with Gasteiger partial charge in [0.2, 0.25) is 0 Å². The molecule has 0 bridgehead atoms. The molecule has 0 saturated heterocycles. The van der Waals surface area contributed by atoms with Gasteiger partial charge in [-0.25, -0.2) is 4.39 Å². The molecule has 0 aliphatic carbocycles. The second-order valence-corrected chi connectivity index (χ2v) is 4.50. The van der Waals surface area contributed by atoms with Gasteiger partial charge in [-0.2, -0.15) is 13.2 Å². The first kappa shape index (κ1) is 15.0. The number of rotatable bonds is 3. The van der Waals surface area contributed by atoms with Gasteiger partial charge in [-0.1, -0.05) is 31.6 Å². The van der Waals surface area contributed by atoms with Crippen LogP contribution in [0.3, 0.4) is 0 Å². The highest BCUT2D eigenvalue weighted by Crippen LogP contribution is 2.34. The number of allylic oxidation sites excluding steroid dienone is 1. The molecule has 0 amide bonds. The summed E-state index contributed by atoms with van der Waals surface area (Å²) in [7, 11) is 0. The van der Waals surface area contributed by atoms with E-state index >= 15 is 0 Å². The highest BCUT2D eigenvalue weighted by Gasteiger charge is 2.33. The first-order valence-corrected chi connectivity index (χ1v) is 5.92. The maximum Gasteiger partial charge on any atom is 0.417 e. The molecule has 1 aromatic carbocycles. The third-order valence-corrected chi connectivity index (χ3v) is 2.87. The van der Waals surface area contributed by atoms with Crippen LogP contribution in [0.25, 0.3) is 6.08 Å². The lowest BCUT2D eigenvalue weighted by Gasteiger charge is -2.13. The van der Waals surface area contributed by atoms with Crippen LogP contribution in [0, 0.1) is 11.7 Å². The summed E-state index contributed by atoms with van der Waals surface area (Å²) in [6.07, 6.45) is -3.21. The fourth-order valence-corrected chi connectivity index (χ4v) is 1.84. The Kier molecular flexibility index (Phi) is 4.79. The van der Waals surface area contributed by atoms with E-state index in [4.69, 9.17) is 11.6 Å². The summed E-state index contributed by atoms with van der Waals surface area (Å²) in [6.45, 7) is 3.68. The van der Waals surface area contributed by atoms with Crippen LogP contribution in [-0.4, -0.2) is 5.88 Å². The average Bonchev–Trinajstić information content (AvgIpc) is 2.25. The van der Waals surface area contributed by atoms with Gasteiger partial charge in [-0.3, -0.25) is 0 Å². The molecular weight excluding hydrogens is 268 g/mol. The van der Waals surface area contributed by atoms with Crippen molar-refractivity contribution in [3.8, 4) is 0 Å². The van der Waals surface area contributed by atoms with Crippen molar-refractivity contribution in [1.82, 2.24) is 0 Å². The predicted octanol–water partition coefficient (Wildman–Crippen LogP) is 5.12. The Bertz CT molecular complexity index is 447. The zero-order chi connectivity index (χ0) is 13.9. The molecule has 1 aromatic rings. The third kappa shape index (κ3) is 3.73. The van der Waals surface area contributed by atoms with E-state index in [9.17, 15) is 17.6 Å². The summed E-state index contributed by atoms with van der Waals surface area (Å²) >= 11 is 5.69. The lowest BCUT2D eigenvalue weighted by atomic mass is 9.99. The molecule has 5 heteroatoms. The zero-order valence-corrected chi connectivity index (χ0v) is 10.7.